The summed E-state index contributed by atoms with van der Waals surface area (Å²) in [6.07, 6.45) is 1.98. The fourth-order valence-electron chi connectivity index (χ4n) is 2.22. The van der Waals surface area contributed by atoms with Crippen molar-refractivity contribution in [3.63, 3.8) is 0 Å². The number of piperidine rings is 1. The highest BCUT2D eigenvalue weighted by Crippen LogP contribution is 2.17. The SMILES string of the molecule is O=C1CCC(NCCc2ccccc2[N+](=O)[O-])CN1. The van der Waals surface area contributed by atoms with Gasteiger partial charge in [-0.3, -0.25) is 14.9 Å². The molecule has 6 heteroatoms. The summed E-state index contributed by atoms with van der Waals surface area (Å²) in [6.45, 7) is 1.31. The lowest BCUT2D eigenvalue weighted by atomic mass is 10.1. The Morgan fingerprint density at radius 1 is 1.42 bits per heavy atom. The lowest BCUT2D eigenvalue weighted by Gasteiger charge is -2.23. The number of hydrogen-bond acceptors (Lipinski definition) is 4. The van der Waals surface area contributed by atoms with Crippen LogP contribution in [0.1, 0.15) is 18.4 Å². The Morgan fingerprint density at radius 2 is 2.21 bits per heavy atom. The van der Waals surface area contributed by atoms with Gasteiger partial charge in [-0.2, -0.15) is 0 Å². The van der Waals surface area contributed by atoms with E-state index in [9.17, 15) is 14.9 Å². The highest BCUT2D eigenvalue weighted by atomic mass is 16.6. The number of carbonyl (C=O) groups is 1. The second-order valence-electron chi connectivity index (χ2n) is 4.63. The van der Waals surface area contributed by atoms with Gasteiger partial charge in [0.25, 0.3) is 5.69 Å². The van der Waals surface area contributed by atoms with Crippen LogP contribution in [0.2, 0.25) is 0 Å². The Labute approximate surface area is 111 Å². The molecule has 0 aliphatic carbocycles. The number of nitro groups is 1. The number of para-hydroxylation sites is 1. The molecule has 1 heterocycles. The van der Waals surface area contributed by atoms with E-state index in [0.717, 1.165) is 12.0 Å². The summed E-state index contributed by atoms with van der Waals surface area (Å²) in [6, 6.07) is 7.05. The van der Waals surface area contributed by atoms with Crippen molar-refractivity contribution in [2.75, 3.05) is 13.1 Å². The van der Waals surface area contributed by atoms with Crippen molar-refractivity contribution in [2.24, 2.45) is 0 Å². The number of benzene rings is 1. The molecule has 1 unspecified atom stereocenters. The van der Waals surface area contributed by atoms with Crippen LogP contribution in [-0.2, 0) is 11.2 Å². The van der Waals surface area contributed by atoms with Gasteiger partial charge in [-0.15, -0.1) is 0 Å². The van der Waals surface area contributed by atoms with Gasteiger partial charge in [-0.05, 0) is 19.4 Å². The second-order valence-corrected chi connectivity index (χ2v) is 4.63. The molecule has 2 rings (SSSR count). The van der Waals surface area contributed by atoms with Gasteiger partial charge in [0.15, 0.2) is 0 Å². The molecule has 1 aliphatic rings. The van der Waals surface area contributed by atoms with Crippen molar-refractivity contribution in [2.45, 2.75) is 25.3 Å². The number of rotatable bonds is 5. The predicted molar refractivity (Wildman–Crippen MR) is 70.8 cm³/mol. The second kappa shape index (κ2) is 6.29. The van der Waals surface area contributed by atoms with Crippen molar-refractivity contribution in [1.82, 2.24) is 10.6 Å². The van der Waals surface area contributed by atoms with E-state index in [0.29, 0.717) is 25.9 Å². The zero-order valence-electron chi connectivity index (χ0n) is 10.6. The number of carbonyl (C=O) groups excluding carboxylic acids is 1. The standard InChI is InChI=1S/C13H17N3O3/c17-13-6-5-11(9-15-13)14-8-7-10-3-1-2-4-12(10)16(18)19/h1-4,11,14H,5-9H2,(H,15,17). The summed E-state index contributed by atoms with van der Waals surface area (Å²) >= 11 is 0. The number of amides is 1. The first-order valence-corrected chi connectivity index (χ1v) is 6.39. The van der Waals surface area contributed by atoms with Gasteiger partial charge in [0.05, 0.1) is 4.92 Å². The summed E-state index contributed by atoms with van der Waals surface area (Å²) in [4.78, 5) is 21.5. The fraction of sp³-hybridized carbons (Fsp3) is 0.462. The van der Waals surface area contributed by atoms with Crippen LogP contribution in [0.3, 0.4) is 0 Å². The van der Waals surface area contributed by atoms with E-state index in [4.69, 9.17) is 0 Å². The Bertz CT molecular complexity index is 466. The minimum absolute atomic E-state index is 0.0942. The molecule has 1 saturated heterocycles. The quantitative estimate of drug-likeness (QED) is 0.613. The topological polar surface area (TPSA) is 84.3 Å². The van der Waals surface area contributed by atoms with Crippen molar-refractivity contribution >= 4 is 11.6 Å². The van der Waals surface area contributed by atoms with Crippen LogP contribution in [0, 0.1) is 10.1 Å². The highest BCUT2D eigenvalue weighted by molar-refractivity contribution is 5.76. The van der Waals surface area contributed by atoms with E-state index in [1.165, 1.54) is 6.07 Å². The minimum Gasteiger partial charge on any atom is -0.355 e. The fourth-order valence-corrected chi connectivity index (χ4v) is 2.22. The van der Waals surface area contributed by atoms with Crippen LogP contribution >= 0.6 is 0 Å². The maximum Gasteiger partial charge on any atom is 0.272 e. The molecule has 0 aromatic heterocycles. The zero-order chi connectivity index (χ0) is 13.7. The number of hydrogen-bond donors (Lipinski definition) is 2. The van der Waals surface area contributed by atoms with Crippen LogP contribution in [0.15, 0.2) is 24.3 Å². The van der Waals surface area contributed by atoms with E-state index in [1.807, 2.05) is 6.07 Å². The van der Waals surface area contributed by atoms with Gasteiger partial charge < -0.3 is 10.6 Å². The molecule has 1 amide bonds. The average molecular weight is 263 g/mol. The predicted octanol–water partition coefficient (Wildman–Crippen LogP) is 1.01. The molecular formula is C13H17N3O3. The van der Waals surface area contributed by atoms with E-state index in [2.05, 4.69) is 10.6 Å². The molecular weight excluding hydrogens is 246 g/mol. The van der Waals surface area contributed by atoms with Crippen LogP contribution in [0.4, 0.5) is 5.69 Å². The van der Waals surface area contributed by atoms with Crippen LogP contribution < -0.4 is 10.6 Å². The van der Waals surface area contributed by atoms with Gasteiger partial charge in [-0.25, -0.2) is 0 Å². The first-order valence-electron chi connectivity index (χ1n) is 6.39. The van der Waals surface area contributed by atoms with Gasteiger partial charge in [0.2, 0.25) is 5.91 Å². The van der Waals surface area contributed by atoms with Crippen LogP contribution in [-0.4, -0.2) is 30.0 Å². The van der Waals surface area contributed by atoms with Crippen molar-refractivity contribution < 1.29 is 9.72 Å². The van der Waals surface area contributed by atoms with E-state index in [1.54, 1.807) is 12.1 Å². The molecule has 0 spiro atoms. The normalized spacial score (nSPS) is 18.9. The summed E-state index contributed by atoms with van der Waals surface area (Å²) in [5.41, 5.74) is 0.904. The number of nitrogens with zero attached hydrogens (tertiary/aromatic N) is 1. The maximum absolute atomic E-state index is 11.0. The lowest BCUT2D eigenvalue weighted by molar-refractivity contribution is -0.385. The van der Waals surface area contributed by atoms with E-state index >= 15 is 0 Å². The molecule has 19 heavy (non-hydrogen) atoms. The summed E-state index contributed by atoms with van der Waals surface area (Å²) < 4.78 is 0. The molecule has 0 saturated carbocycles. The summed E-state index contributed by atoms with van der Waals surface area (Å²) in [5, 5.41) is 17.0. The molecule has 6 nitrogen and oxygen atoms in total. The van der Waals surface area contributed by atoms with Crippen molar-refractivity contribution in [3.8, 4) is 0 Å². The van der Waals surface area contributed by atoms with Crippen LogP contribution in [0.25, 0.3) is 0 Å². The van der Waals surface area contributed by atoms with Crippen LogP contribution in [0.5, 0.6) is 0 Å². The van der Waals surface area contributed by atoms with Crippen molar-refractivity contribution in [3.05, 3.63) is 39.9 Å². The van der Waals surface area contributed by atoms with E-state index in [-0.39, 0.29) is 22.6 Å². The molecule has 1 aliphatic heterocycles. The highest BCUT2D eigenvalue weighted by Gasteiger charge is 2.17. The minimum atomic E-state index is -0.351. The van der Waals surface area contributed by atoms with Gasteiger partial charge in [0, 0.05) is 30.6 Å². The molecule has 1 aromatic rings. The molecule has 2 N–H and O–H groups in total. The Kier molecular flexibility index (Phi) is 4.46. The van der Waals surface area contributed by atoms with Gasteiger partial charge >= 0.3 is 0 Å². The molecule has 1 aromatic carbocycles. The Morgan fingerprint density at radius 3 is 2.89 bits per heavy atom. The maximum atomic E-state index is 11.0. The van der Waals surface area contributed by atoms with Gasteiger partial charge in [-0.1, -0.05) is 18.2 Å². The molecule has 1 fully saturated rings. The molecule has 0 radical (unpaired) electrons. The average Bonchev–Trinajstić information content (AvgIpc) is 2.41. The number of nitrogens with one attached hydrogen (secondary N) is 2. The van der Waals surface area contributed by atoms with Crippen molar-refractivity contribution in [1.29, 1.82) is 0 Å². The monoisotopic (exact) mass is 263 g/mol. The number of nitro benzene ring substituents is 1. The third-order valence-corrected chi connectivity index (χ3v) is 3.28. The third kappa shape index (κ3) is 3.75. The first-order chi connectivity index (χ1) is 9.16. The largest absolute Gasteiger partial charge is 0.355 e. The Balaban J connectivity index is 1.83. The molecule has 1 atom stereocenters. The summed E-state index contributed by atoms with van der Waals surface area (Å²) in [7, 11) is 0. The zero-order valence-corrected chi connectivity index (χ0v) is 10.6. The Hall–Kier alpha value is -1.95. The summed E-state index contributed by atoms with van der Waals surface area (Å²) in [5.74, 6) is 0.0942. The third-order valence-electron chi connectivity index (χ3n) is 3.28. The first kappa shape index (κ1) is 13.5. The molecule has 0 bridgehead atoms. The lowest BCUT2D eigenvalue weighted by Crippen LogP contribution is -2.46. The molecule has 102 valence electrons. The van der Waals surface area contributed by atoms with E-state index < -0.39 is 0 Å². The van der Waals surface area contributed by atoms with Gasteiger partial charge in [0.1, 0.15) is 0 Å². The smallest absolute Gasteiger partial charge is 0.272 e.